The lowest BCUT2D eigenvalue weighted by Crippen LogP contribution is -1.78. The van der Waals surface area contributed by atoms with Crippen LogP contribution in [0.5, 0.6) is 0 Å². The highest BCUT2D eigenvalue weighted by molar-refractivity contribution is 7.07. The first kappa shape index (κ1) is 11.0. The van der Waals surface area contributed by atoms with E-state index in [1.54, 1.807) is 11.3 Å². The van der Waals surface area contributed by atoms with E-state index in [2.05, 4.69) is 39.0 Å². The van der Waals surface area contributed by atoms with E-state index in [4.69, 9.17) is 0 Å². The molecule has 0 radical (unpaired) electrons. The van der Waals surface area contributed by atoms with Gasteiger partial charge in [-0.25, -0.2) is 0 Å². The average Bonchev–Trinajstić information content (AvgIpc) is 2.56. The first-order valence-electron chi connectivity index (χ1n) is 4.70. The third-order valence-electron chi connectivity index (χ3n) is 1.79. The van der Waals surface area contributed by atoms with Crippen molar-refractivity contribution in [3.63, 3.8) is 0 Å². The summed E-state index contributed by atoms with van der Waals surface area (Å²) in [5.74, 6) is 0. The maximum Gasteiger partial charge on any atom is -0.00934 e. The van der Waals surface area contributed by atoms with Crippen molar-refractivity contribution in [3.8, 4) is 0 Å². The minimum absolute atomic E-state index is 1.35. The Morgan fingerprint density at radius 1 is 0.714 bits per heavy atom. The van der Waals surface area contributed by atoms with E-state index in [-0.39, 0.29) is 0 Å². The molecule has 74 valence electrons. The van der Waals surface area contributed by atoms with E-state index in [1.807, 2.05) is 22.9 Å². The van der Waals surface area contributed by atoms with Crippen LogP contribution in [0.1, 0.15) is 16.7 Å². The summed E-state index contributed by atoms with van der Waals surface area (Å²) in [4.78, 5) is 0. The molecule has 0 saturated carbocycles. The van der Waals surface area contributed by atoms with Crippen molar-refractivity contribution in [3.05, 3.63) is 57.8 Å². The van der Waals surface area contributed by atoms with Crippen LogP contribution in [0.4, 0.5) is 0 Å². The first-order chi connectivity index (χ1) is 6.68. The molecule has 0 unspecified atom stereocenters. The van der Waals surface area contributed by atoms with Crippen LogP contribution in [-0.2, 0) is 0 Å². The summed E-state index contributed by atoms with van der Waals surface area (Å²) in [6, 6.07) is 10.6. The average molecular weight is 204 g/mol. The maximum atomic E-state index is 2.19. The number of benzene rings is 1. The quantitative estimate of drug-likeness (QED) is 0.598. The van der Waals surface area contributed by atoms with Gasteiger partial charge in [0.2, 0.25) is 0 Å². The van der Waals surface area contributed by atoms with Gasteiger partial charge in [-0.1, -0.05) is 47.0 Å². The van der Waals surface area contributed by atoms with Gasteiger partial charge in [0.1, 0.15) is 0 Å². The molecule has 1 aromatic heterocycles. The van der Waals surface area contributed by atoms with Crippen LogP contribution >= 0.6 is 11.3 Å². The number of thiophene rings is 1. The Morgan fingerprint density at radius 2 is 1.07 bits per heavy atom. The number of hydrogen-bond donors (Lipinski definition) is 0. The molecule has 0 aliphatic rings. The Labute approximate surface area is 90.2 Å². The van der Waals surface area contributed by atoms with Gasteiger partial charge in [-0.3, -0.25) is 0 Å². The number of aryl methyl sites for hydroxylation is 3. The van der Waals surface area contributed by atoms with Crippen molar-refractivity contribution >= 4 is 11.3 Å². The maximum absolute atomic E-state index is 2.19. The molecule has 0 N–H and O–H groups in total. The van der Waals surface area contributed by atoms with E-state index in [1.165, 1.54) is 16.7 Å². The van der Waals surface area contributed by atoms with Crippen LogP contribution in [0.3, 0.4) is 0 Å². The topological polar surface area (TPSA) is 0 Å². The van der Waals surface area contributed by atoms with Crippen LogP contribution in [0, 0.1) is 20.8 Å². The van der Waals surface area contributed by atoms with Crippen LogP contribution in [-0.4, -0.2) is 0 Å². The van der Waals surface area contributed by atoms with E-state index < -0.39 is 0 Å². The zero-order chi connectivity index (χ0) is 10.4. The van der Waals surface area contributed by atoms with Gasteiger partial charge in [-0.2, -0.15) is 11.3 Å². The molecule has 14 heavy (non-hydrogen) atoms. The molecule has 0 aliphatic heterocycles. The summed E-state index contributed by atoms with van der Waals surface area (Å²) in [7, 11) is 0. The highest BCUT2D eigenvalue weighted by atomic mass is 32.1. The van der Waals surface area contributed by atoms with Crippen molar-refractivity contribution in [1.29, 1.82) is 0 Å². The zero-order valence-electron chi connectivity index (χ0n) is 8.95. The summed E-state index contributed by atoms with van der Waals surface area (Å²) in [5.41, 5.74) is 4.06. The van der Waals surface area contributed by atoms with Gasteiger partial charge in [-0.15, -0.1) is 0 Å². The van der Waals surface area contributed by atoms with Crippen LogP contribution in [0.2, 0.25) is 0 Å². The molecular weight excluding hydrogens is 188 g/mol. The molecular formula is C13H16S. The molecule has 0 spiro atoms. The molecule has 1 heteroatoms. The van der Waals surface area contributed by atoms with Gasteiger partial charge < -0.3 is 0 Å². The minimum atomic E-state index is 1.35. The predicted octanol–water partition coefficient (Wildman–Crippen LogP) is 4.36. The van der Waals surface area contributed by atoms with Gasteiger partial charge in [0.15, 0.2) is 0 Å². The van der Waals surface area contributed by atoms with Crippen LogP contribution in [0.15, 0.2) is 41.1 Å². The molecule has 2 aromatic rings. The zero-order valence-corrected chi connectivity index (χ0v) is 9.77. The predicted molar refractivity (Wildman–Crippen MR) is 65.0 cm³/mol. The highest BCUT2D eigenvalue weighted by Gasteiger charge is 1.87. The standard InChI is InChI=1S/C9H12.C4H4S/c1-7-4-8(2)6-9(3)5-7;1-2-4-5-3-1/h4-6H,1-3H3;1-4H. The third kappa shape index (κ3) is 4.24. The second kappa shape index (κ2) is 5.61. The summed E-state index contributed by atoms with van der Waals surface area (Å²) >= 11 is 1.71. The molecule has 0 saturated heterocycles. The summed E-state index contributed by atoms with van der Waals surface area (Å²) in [6.07, 6.45) is 0. The lowest BCUT2D eigenvalue weighted by molar-refractivity contribution is 1.32. The fourth-order valence-corrected chi connectivity index (χ4v) is 1.88. The Kier molecular flexibility index (Phi) is 4.41. The highest BCUT2D eigenvalue weighted by Crippen LogP contribution is 2.06. The third-order valence-corrected chi connectivity index (χ3v) is 2.42. The summed E-state index contributed by atoms with van der Waals surface area (Å²) in [5, 5.41) is 4.08. The van der Waals surface area contributed by atoms with Crippen LogP contribution in [0.25, 0.3) is 0 Å². The van der Waals surface area contributed by atoms with E-state index in [9.17, 15) is 0 Å². The summed E-state index contributed by atoms with van der Waals surface area (Å²) in [6.45, 7) is 6.38. The second-order valence-corrected chi connectivity index (χ2v) is 4.27. The molecule has 1 heterocycles. The Hall–Kier alpha value is -1.08. The van der Waals surface area contributed by atoms with Crippen molar-refractivity contribution in [2.75, 3.05) is 0 Å². The van der Waals surface area contributed by atoms with Crippen molar-refractivity contribution in [2.24, 2.45) is 0 Å². The van der Waals surface area contributed by atoms with Crippen molar-refractivity contribution in [1.82, 2.24) is 0 Å². The van der Waals surface area contributed by atoms with Gasteiger partial charge in [0.05, 0.1) is 0 Å². The molecule has 0 atom stereocenters. The lowest BCUT2D eigenvalue weighted by Gasteiger charge is -1.96. The molecule has 2 rings (SSSR count). The monoisotopic (exact) mass is 204 g/mol. The molecule has 0 aliphatic carbocycles. The smallest absolute Gasteiger partial charge is 0.00934 e. The van der Waals surface area contributed by atoms with Crippen molar-refractivity contribution < 1.29 is 0 Å². The lowest BCUT2D eigenvalue weighted by atomic mass is 10.1. The Balaban J connectivity index is 0.000000165. The van der Waals surface area contributed by atoms with Crippen molar-refractivity contribution in [2.45, 2.75) is 20.8 Å². The fourth-order valence-electron chi connectivity index (χ4n) is 1.43. The minimum Gasteiger partial charge on any atom is -0.152 e. The van der Waals surface area contributed by atoms with E-state index >= 15 is 0 Å². The second-order valence-electron chi connectivity index (χ2n) is 3.46. The van der Waals surface area contributed by atoms with Gasteiger partial charge >= 0.3 is 0 Å². The Bertz CT molecular complexity index is 293. The molecule has 0 amide bonds. The van der Waals surface area contributed by atoms with E-state index in [0.29, 0.717) is 0 Å². The normalized spacial score (nSPS) is 9.07. The Morgan fingerprint density at radius 3 is 1.29 bits per heavy atom. The molecule has 0 fully saturated rings. The summed E-state index contributed by atoms with van der Waals surface area (Å²) < 4.78 is 0. The SMILES string of the molecule is Cc1cc(C)cc(C)c1.c1ccsc1. The molecule has 0 nitrogen and oxygen atoms in total. The van der Waals surface area contributed by atoms with E-state index in [0.717, 1.165) is 0 Å². The van der Waals surface area contributed by atoms with Gasteiger partial charge in [-0.05, 0) is 31.5 Å². The largest absolute Gasteiger partial charge is 0.152 e. The molecule has 0 bridgehead atoms. The fraction of sp³-hybridized carbons (Fsp3) is 0.231. The first-order valence-corrected chi connectivity index (χ1v) is 5.65. The number of hydrogen-bond acceptors (Lipinski definition) is 1. The van der Waals surface area contributed by atoms with Gasteiger partial charge in [0, 0.05) is 0 Å². The van der Waals surface area contributed by atoms with Crippen LogP contribution < -0.4 is 0 Å². The number of rotatable bonds is 0. The van der Waals surface area contributed by atoms with Gasteiger partial charge in [0.25, 0.3) is 0 Å². The molecule has 1 aromatic carbocycles.